The number of thioether (sulfide) groups is 1. The van der Waals surface area contributed by atoms with E-state index in [1.807, 2.05) is 6.92 Å². The Labute approximate surface area is 228 Å². The molecule has 0 fully saturated rings. The second-order valence-corrected chi connectivity index (χ2v) is 8.18. The number of rotatable bonds is 5. The van der Waals surface area contributed by atoms with Crippen molar-refractivity contribution >= 4 is 29.1 Å². The summed E-state index contributed by atoms with van der Waals surface area (Å²) in [4.78, 5) is -0.559. The minimum Gasteiger partial charge on any atom is -0.321 e. The molecular formula is C21H17F4S2Y2-3. The van der Waals surface area contributed by atoms with Crippen LogP contribution in [0.5, 0.6) is 0 Å². The van der Waals surface area contributed by atoms with Crippen molar-refractivity contribution < 1.29 is 83.0 Å². The zero-order chi connectivity index (χ0) is 20.3. The van der Waals surface area contributed by atoms with Crippen LogP contribution in [0, 0.1) is 41.5 Å². The molecule has 0 saturated carbocycles. The quantitative estimate of drug-likeness (QED) is 0.153. The van der Waals surface area contributed by atoms with E-state index in [1.165, 1.54) is 6.07 Å². The molecule has 29 heavy (non-hydrogen) atoms. The first-order valence-electron chi connectivity index (χ1n) is 7.98. The molecule has 0 aliphatic rings. The number of benzene rings is 2. The second kappa shape index (κ2) is 13.2. The molecule has 2 radical (unpaired) electrons. The smallest absolute Gasteiger partial charge is 0.177 e. The molecule has 0 atom stereocenters. The molecule has 0 aromatic heterocycles. The Bertz CT molecular complexity index is 890. The Kier molecular flexibility index (Phi) is 13.4. The summed E-state index contributed by atoms with van der Waals surface area (Å²) in [6.07, 6.45) is 2.95. The molecule has 2 rings (SSSR count). The molecule has 0 aliphatic carbocycles. The fourth-order valence-corrected chi connectivity index (χ4v) is 3.60. The molecule has 2 aromatic carbocycles. The van der Waals surface area contributed by atoms with Gasteiger partial charge < -0.3 is 6.08 Å². The van der Waals surface area contributed by atoms with Gasteiger partial charge in [-0.3, -0.25) is 29.3 Å². The van der Waals surface area contributed by atoms with E-state index in [4.69, 9.17) is 0 Å². The van der Waals surface area contributed by atoms with Crippen LogP contribution >= 0.6 is 23.5 Å². The van der Waals surface area contributed by atoms with Crippen LogP contribution in [0.4, 0.5) is 17.6 Å². The van der Waals surface area contributed by atoms with Crippen LogP contribution < -0.4 is 0 Å². The van der Waals surface area contributed by atoms with Gasteiger partial charge in [0.15, 0.2) is 23.3 Å². The first-order valence-corrected chi connectivity index (χ1v) is 9.61. The predicted molar refractivity (Wildman–Crippen MR) is 102 cm³/mol. The van der Waals surface area contributed by atoms with Gasteiger partial charge in [-0.1, -0.05) is 17.3 Å². The molecule has 8 heteroatoms. The van der Waals surface area contributed by atoms with Crippen LogP contribution in [0.15, 0.2) is 37.3 Å². The third kappa shape index (κ3) is 7.29. The van der Waals surface area contributed by atoms with Crippen LogP contribution in [-0.2, 0) is 65.4 Å². The third-order valence-corrected chi connectivity index (χ3v) is 6.15. The molecule has 0 saturated heterocycles. The van der Waals surface area contributed by atoms with Gasteiger partial charge in [-0.25, -0.2) is 23.6 Å². The Balaban J connectivity index is 0.00000392. The van der Waals surface area contributed by atoms with Crippen molar-refractivity contribution in [2.75, 3.05) is 0 Å². The van der Waals surface area contributed by atoms with Gasteiger partial charge in [0, 0.05) is 65.4 Å². The minimum atomic E-state index is -1.42. The normalized spacial score (nSPS) is 10.9. The summed E-state index contributed by atoms with van der Waals surface area (Å²) in [6, 6.07) is 8.81. The van der Waals surface area contributed by atoms with Gasteiger partial charge in [0.1, 0.15) is 0 Å². The summed E-state index contributed by atoms with van der Waals surface area (Å²) in [7, 11) is 0. The van der Waals surface area contributed by atoms with Gasteiger partial charge >= 0.3 is 0 Å². The average molecular weight is 587 g/mol. The Morgan fingerprint density at radius 2 is 1.34 bits per heavy atom. The van der Waals surface area contributed by atoms with Gasteiger partial charge in [0.2, 0.25) is 0 Å². The van der Waals surface area contributed by atoms with Gasteiger partial charge in [-0.15, -0.1) is 13.8 Å². The molecule has 0 aliphatic heterocycles. The monoisotopic (exact) mass is 587 g/mol. The topological polar surface area (TPSA) is 0 Å². The molecule has 0 spiro atoms. The van der Waals surface area contributed by atoms with Crippen molar-refractivity contribution in [1.82, 2.24) is 0 Å². The standard InChI is InChI=1S/C21H17F4S2.2Y/c1-6-12(4)14-7-9-15(10-8-14)27-21-18(24)16(22)20(17(23)19(21)25)26-13(5)11(2)3;;/h7,10H,1-5H3;;/q-3;;. The Morgan fingerprint density at radius 1 is 0.828 bits per heavy atom. The SMILES string of the molecule is C[C-]=C(C)c1[c-]cc(Sc2c(F)c(F)c(SC(C)=C(C)C)c(F)c2F)[c-]c1.[Y].[Y]. The Morgan fingerprint density at radius 3 is 1.76 bits per heavy atom. The minimum absolute atomic E-state index is 0. The molecule has 0 N–H and O–H groups in total. The first kappa shape index (κ1) is 29.5. The maximum atomic E-state index is 14.4. The fraction of sp³-hybridized carbons (Fsp3) is 0.238. The van der Waals surface area contributed by atoms with E-state index in [0.717, 1.165) is 16.7 Å². The molecule has 0 bridgehead atoms. The van der Waals surface area contributed by atoms with Crippen LogP contribution in [-0.4, -0.2) is 0 Å². The number of hydrogen-bond donors (Lipinski definition) is 0. The molecule has 0 heterocycles. The van der Waals surface area contributed by atoms with Gasteiger partial charge in [-0.2, -0.15) is 16.7 Å². The van der Waals surface area contributed by atoms with E-state index in [9.17, 15) is 17.6 Å². The van der Waals surface area contributed by atoms with E-state index in [0.29, 0.717) is 33.3 Å². The molecule has 0 amide bonds. The summed E-state index contributed by atoms with van der Waals surface area (Å²) >= 11 is 1.24. The summed E-state index contributed by atoms with van der Waals surface area (Å²) in [5.74, 6) is -5.64. The summed E-state index contributed by atoms with van der Waals surface area (Å²) in [5, 5.41) is 0. The third-order valence-electron chi connectivity index (χ3n) is 3.85. The molecule has 0 unspecified atom stereocenters. The van der Waals surface area contributed by atoms with Crippen molar-refractivity contribution in [2.24, 2.45) is 0 Å². The van der Waals surface area contributed by atoms with E-state index in [2.05, 4.69) is 18.2 Å². The molecule has 150 valence electrons. The maximum Gasteiger partial charge on any atom is 0.177 e. The van der Waals surface area contributed by atoms with Crippen LogP contribution in [0.1, 0.15) is 40.2 Å². The zero-order valence-electron chi connectivity index (χ0n) is 16.6. The first-order chi connectivity index (χ1) is 12.7. The number of hydrogen-bond acceptors (Lipinski definition) is 2. The molecule has 2 aromatic rings. The summed E-state index contributed by atoms with van der Waals surface area (Å²) < 4.78 is 57.6. The van der Waals surface area contributed by atoms with E-state index < -0.39 is 33.1 Å². The maximum absolute atomic E-state index is 14.4. The van der Waals surface area contributed by atoms with Crippen molar-refractivity contribution in [3.05, 3.63) is 69.7 Å². The van der Waals surface area contributed by atoms with Crippen molar-refractivity contribution in [3.63, 3.8) is 0 Å². The van der Waals surface area contributed by atoms with E-state index in [-0.39, 0.29) is 65.4 Å². The van der Waals surface area contributed by atoms with Crippen molar-refractivity contribution in [1.29, 1.82) is 0 Å². The van der Waals surface area contributed by atoms with Crippen molar-refractivity contribution in [3.8, 4) is 0 Å². The second-order valence-electron chi connectivity index (χ2n) is 5.90. The fourth-order valence-electron chi connectivity index (χ4n) is 1.92. The summed E-state index contributed by atoms with van der Waals surface area (Å²) in [5.41, 5.74) is 2.37. The number of halogens is 4. The molecular weight excluding hydrogens is 570 g/mol. The van der Waals surface area contributed by atoms with Crippen LogP contribution in [0.3, 0.4) is 0 Å². The van der Waals surface area contributed by atoms with E-state index >= 15 is 0 Å². The average Bonchev–Trinajstić information content (AvgIpc) is 2.66. The molecule has 0 nitrogen and oxygen atoms in total. The zero-order valence-corrected chi connectivity index (χ0v) is 23.9. The Hall–Kier alpha value is 0.548. The van der Waals surface area contributed by atoms with Crippen molar-refractivity contribution in [2.45, 2.75) is 49.3 Å². The largest absolute Gasteiger partial charge is 0.321 e. The van der Waals surface area contributed by atoms with E-state index in [1.54, 1.807) is 33.8 Å². The predicted octanol–water partition coefficient (Wildman–Crippen LogP) is 7.62. The summed E-state index contributed by atoms with van der Waals surface area (Å²) in [6.45, 7) is 8.71. The van der Waals surface area contributed by atoms with Gasteiger partial charge in [0.05, 0.1) is 9.79 Å². The van der Waals surface area contributed by atoms with Gasteiger partial charge in [-0.05, 0) is 25.7 Å². The van der Waals surface area contributed by atoms with Crippen LogP contribution in [0.2, 0.25) is 0 Å². The van der Waals surface area contributed by atoms with Crippen LogP contribution in [0.25, 0.3) is 5.57 Å². The number of allylic oxidation sites excluding steroid dienone is 4. The van der Waals surface area contributed by atoms with Gasteiger partial charge in [0.25, 0.3) is 0 Å².